The summed E-state index contributed by atoms with van der Waals surface area (Å²) in [6, 6.07) is 1.40. The van der Waals surface area contributed by atoms with Crippen LogP contribution in [0.25, 0.3) is 0 Å². The highest BCUT2D eigenvalue weighted by Gasteiger charge is 2.37. The standard InChI is InChI=1S/C18H37N3/c1-16(2)19-14-18(10-6-5-7-11-18)15-21-12-8-9-17(21)13-20(3)4/h16-17,19H,5-15H2,1-4H3. The molecule has 0 bridgehead atoms. The lowest BCUT2D eigenvalue weighted by atomic mass is 9.73. The monoisotopic (exact) mass is 295 g/mol. The zero-order valence-electron chi connectivity index (χ0n) is 14.8. The summed E-state index contributed by atoms with van der Waals surface area (Å²) in [4.78, 5) is 5.18. The minimum absolute atomic E-state index is 0.539. The van der Waals surface area contributed by atoms with E-state index in [4.69, 9.17) is 0 Å². The number of likely N-dealkylation sites (N-methyl/N-ethyl adjacent to an activating group) is 1. The van der Waals surface area contributed by atoms with Gasteiger partial charge in [-0.3, -0.25) is 4.90 Å². The van der Waals surface area contributed by atoms with Crippen LogP contribution in [0.2, 0.25) is 0 Å². The third-order valence-electron chi connectivity index (χ3n) is 5.41. The molecule has 3 nitrogen and oxygen atoms in total. The Kier molecular flexibility index (Phi) is 6.51. The molecular weight excluding hydrogens is 258 g/mol. The summed E-state index contributed by atoms with van der Waals surface area (Å²) in [6.07, 6.45) is 9.97. The van der Waals surface area contributed by atoms with Crippen LogP contribution in [0, 0.1) is 5.41 Å². The van der Waals surface area contributed by atoms with Gasteiger partial charge in [0.15, 0.2) is 0 Å². The van der Waals surface area contributed by atoms with Crippen molar-refractivity contribution in [3.05, 3.63) is 0 Å². The fourth-order valence-corrected chi connectivity index (χ4v) is 4.28. The van der Waals surface area contributed by atoms with E-state index in [0.29, 0.717) is 11.5 Å². The van der Waals surface area contributed by atoms with Gasteiger partial charge in [-0.2, -0.15) is 0 Å². The molecule has 0 radical (unpaired) electrons. The topological polar surface area (TPSA) is 18.5 Å². The number of nitrogens with one attached hydrogen (secondary N) is 1. The van der Waals surface area contributed by atoms with Gasteiger partial charge in [0, 0.05) is 31.7 Å². The number of hydrogen-bond donors (Lipinski definition) is 1. The Morgan fingerprint density at radius 1 is 1.14 bits per heavy atom. The number of rotatable bonds is 7. The lowest BCUT2D eigenvalue weighted by molar-refractivity contribution is 0.0848. The van der Waals surface area contributed by atoms with E-state index in [1.165, 1.54) is 71.1 Å². The van der Waals surface area contributed by atoms with Gasteiger partial charge in [-0.15, -0.1) is 0 Å². The largest absolute Gasteiger partial charge is 0.314 e. The molecule has 1 heterocycles. The second kappa shape index (κ2) is 7.94. The van der Waals surface area contributed by atoms with Gasteiger partial charge in [0.2, 0.25) is 0 Å². The van der Waals surface area contributed by atoms with Crippen molar-refractivity contribution < 1.29 is 0 Å². The molecular formula is C18H37N3. The zero-order valence-corrected chi connectivity index (χ0v) is 14.8. The summed E-state index contributed by atoms with van der Waals surface area (Å²) in [5, 5.41) is 3.75. The molecule has 1 saturated heterocycles. The van der Waals surface area contributed by atoms with E-state index in [-0.39, 0.29) is 0 Å². The van der Waals surface area contributed by atoms with Gasteiger partial charge in [-0.25, -0.2) is 0 Å². The summed E-state index contributed by atoms with van der Waals surface area (Å²) in [6.45, 7) is 9.65. The molecule has 1 aliphatic heterocycles. The fourth-order valence-electron chi connectivity index (χ4n) is 4.28. The first-order valence-corrected chi connectivity index (χ1v) is 9.13. The van der Waals surface area contributed by atoms with Crippen LogP contribution in [0.5, 0.6) is 0 Å². The molecule has 1 aliphatic carbocycles. The van der Waals surface area contributed by atoms with Crippen LogP contribution < -0.4 is 5.32 Å². The van der Waals surface area contributed by atoms with Gasteiger partial charge in [0.05, 0.1) is 0 Å². The number of likely N-dealkylation sites (tertiary alicyclic amines) is 1. The maximum Gasteiger partial charge on any atom is 0.0223 e. The van der Waals surface area contributed by atoms with Gasteiger partial charge in [-0.1, -0.05) is 33.1 Å². The highest BCUT2D eigenvalue weighted by molar-refractivity contribution is 4.92. The Morgan fingerprint density at radius 2 is 1.86 bits per heavy atom. The predicted octanol–water partition coefficient (Wildman–Crippen LogP) is 2.96. The molecule has 2 aliphatic rings. The van der Waals surface area contributed by atoms with Crippen LogP contribution in [0.4, 0.5) is 0 Å². The SMILES string of the molecule is CC(C)NCC1(CN2CCCC2CN(C)C)CCCCC1. The Bertz CT molecular complexity index is 295. The van der Waals surface area contributed by atoms with Crippen LogP contribution in [0.15, 0.2) is 0 Å². The first-order chi connectivity index (χ1) is 10.0. The first-order valence-electron chi connectivity index (χ1n) is 9.13. The number of nitrogens with zero attached hydrogens (tertiary/aromatic N) is 2. The fraction of sp³-hybridized carbons (Fsp3) is 1.00. The molecule has 3 heteroatoms. The Hall–Kier alpha value is -0.120. The first kappa shape index (κ1) is 17.2. The molecule has 0 aromatic heterocycles. The van der Waals surface area contributed by atoms with E-state index >= 15 is 0 Å². The average molecular weight is 296 g/mol. The van der Waals surface area contributed by atoms with Crippen molar-refractivity contribution in [2.24, 2.45) is 5.41 Å². The average Bonchev–Trinajstić information content (AvgIpc) is 2.84. The highest BCUT2D eigenvalue weighted by Crippen LogP contribution is 2.38. The van der Waals surface area contributed by atoms with Crippen molar-refractivity contribution in [1.82, 2.24) is 15.1 Å². The molecule has 0 spiro atoms. The molecule has 2 fully saturated rings. The van der Waals surface area contributed by atoms with Crippen molar-refractivity contribution in [1.29, 1.82) is 0 Å². The van der Waals surface area contributed by atoms with Crippen molar-refractivity contribution in [3.8, 4) is 0 Å². The third-order valence-corrected chi connectivity index (χ3v) is 5.41. The molecule has 124 valence electrons. The molecule has 0 aromatic rings. The minimum Gasteiger partial charge on any atom is -0.314 e. The van der Waals surface area contributed by atoms with Crippen LogP contribution in [-0.2, 0) is 0 Å². The zero-order chi connectivity index (χ0) is 15.3. The third kappa shape index (κ3) is 5.22. The molecule has 1 atom stereocenters. The molecule has 2 rings (SSSR count). The van der Waals surface area contributed by atoms with Crippen molar-refractivity contribution in [2.75, 3.05) is 40.3 Å². The van der Waals surface area contributed by atoms with E-state index < -0.39 is 0 Å². The molecule has 0 aromatic carbocycles. The van der Waals surface area contributed by atoms with Crippen molar-refractivity contribution >= 4 is 0 Å². The number of hydrogen-bond acceptors (Lipinski definition) is 3. The van der Waals surface area contributed by atoms with Gasteiger partial charge in [-0.05, 0) is 51.7 Å². The quantitative estimate of drug-likeness (QED) is 0.779. The summed E-state index contributed by atoms with van der Waals surface area (Å²) in [5.41, 5.74) is 0.539. The Balaban J connectivity index is 1.96. The van der Waals surface area contributed by atoms with Gasteiger partial charge >= 0.3 is 0 Å². The summed E-state index contributed by atoms with van der Waals surface area (Å²) in [7, 11) is 4.43. The lowest BCUT2D eigenvalue weighted by Crippen LogP contribution is -2.49. The van der Waals surface area contributed by atoms with Crippen molar-refractivity contribution in [3.63, 3.8) is 0 Å². The van der Waals surface area contributed by atoms with Gasteiger partial charge in [0.25, 0.3) is 0 Å². The molecule has 0 amide bonds. The van der Waals surface area contributed by atoms with Crippen molar-refractivity contribution in [2.45, 2.75) is 70.9 Å². The molecule has 1 unspecified atom stereocenters. The lowest BCUT2D eigenvalue weighted by Gasteiger charge is -2.43. The van der Waals surface area contributed by atoms with E-state index in [2.05, 4.69) is 43.1 Å². The maximum atomic E-state index is 3.75. The Morgan fingerprint density at radius 3 is 2.48 bits per heavy atom. The molecule has 21 heavy (non-hydrogen) atoms. The van der Waals surface area contributed by atoms with Crippen LogP contribution >= 0.6 is 0 Å². The molecule has 1 N–H and O–H groups in total. The van der Waals surface area contributed by atoms with E-state index in [9.17, 15) is 0 Å². The smallest absolute Gasteiger partial charge is 0.0223 e. The van der Waals surface area contributed by atoms with E-state index in [1.54, 1.807) is 0 Å². The van der Waals surface area contributed by atoms with Crippen LogP contribution in [0.1, 0.15) is 58.8 Å². The van der Waals surface area contributed by atoms with E-state index in [0.717, 1.165) is 6.04 Å². The molecule has 1 saturated carbocycles. The van der Waals surface area contributed by atoms with E-state index in [1.807, 2.05) is 0 Å². The second-order valence-corrected chi connectivity index (χ2v) is 8.13. The maximum absolute atomic E-state index is 3.75. The summed E-state index contributed by atoms with van der Waals surface area (Å²) in [5.74, 6) is 0. The van der Waals surface area contributed by atoms with Crippen LogP contribution in [0.3, 0.4) is 0 Å². The predicted molar refractivity (Wildman–Crippen MR) is 91.8 cm³/mol. The normalized spacial score (nSPS) is 26.9. The van der Waals surface area contributed by atoms with Crippen LogP contribution in [-0.4, -0.2) is 62.2 Å². The summed E-state index contributed by atoms with van der Waals surface area (Å²) < 4.78 is 0. The second-order valence-electron chi connectivity index (χ2n) is 8.13. The highest BCUT2D eigenvalue weighted by atomic mass is 15.2. The van der Waals surface area contributed by atoms with Gasteiger partial charge in [0.1, 0.15) is 0 Å². The Labute approximate surface area is 132 Å². The minimum atomic E-state index is 0.539. The summed E-state index contributed by atoms with van der Waals surface area (Å²) >= 11 is 0. The van der Waals surface area contributed by atoms with Gasteiger partial charge < -0.3 is 10.2 Å².